The van der Waals surface area contributed by atoms with Crippen molar-refractivity contribution < 1.29 is 14.3 Å². The Morgan fingerprint density at radius 2 is 2.07 bits per heavy atom. The van der Waals surface area contributed by atoms with Crippen LogP contribution in [0.5, 0.6) is 0 Å². The zero-order chi connectivity index (χ0) is 20.0. The maximum atomic E-state index is 12.0. The van der Waals surface area contributed by atoms with Crippen LogP contribution in [-0.4, -0.2) is 63.4 Å². The van der Waals surface area contributed by atoms with E-state index in [0.717, 1.165) is 57.9 Å². The second-order valence-corrected chi connectivity index (χ2v) is 6.87. The van der Waals surface area contributed by atoms with Crippen LogP contribution in [0.15, 0.2) is 23.2 Å². The van der Waals surface area contributed by atoms with Gasteiger partial charge >= 0.3 is 0 Å². The van der Waals surface area contributed by atoms with Gasteiger partial charge in [-0.25, -0.2) is 4.98 Å². The lowest BCUT2D eigenvalue weighted by Crippen LogP contribution is -2.39. The van der Waals surface area contributed by atoms with Crippen molar-refractivity contribution in [2.75, 3.05) is 51.9 Å². The summed E-state index contributed by atoms with van der Waals surface area (Å²) < 4.78 is 11.1. The third-order valence-corrected chi connectivity index (χ3v) is 4.48. The van der Waals surface area contributed by atoms with Crippen LogP contribution >= 0.6 is 0 Å². The minimum Gasteiger partial charge on any atom is -0.381 e. The molecule has 2 heterocycles. The van der Waals surface area contributed by atoms with Crippen LogP contribution in [0, 0.1) is 12.8 Å². The first-order valence-electron chi connectivity index (χ1n) is 10.0. The molecule has 0 unspecified atom stereocenters. The molecule has 3 N–H and O–H groups in total. The quantitative estimate of drug-likeness (QED) is 0.319. The summed E-state index contributed by atoms with van der Waals surface area (Å²) in [6.07, 6.45) is 3.44. The highest BCUT2D eigenvalue weighted by molar-refractivity contribution is 5.90. The molecule has 8 nitrogen and oxygen atoms in total. The van der Waals surface area contributed by atoms with Gasteiger partial charge in [0, 0.05) is 58.7 Å². The fourth-order valence-electron chi connectivity index (χ4n) is 2.88. The average Bonchev–Trinajstić information content (AvgIpc) is 2.70. The number of carbonyl (C=O) groups is 1. The smallest absolute Gasteiger partial charge is 0.227 e. The number of anilines is 1. The Balaban J connectivity index is 1.50. The fraction of sp³-hybridized carbons (Fsp3) is 0.650. The molecule has 156 valence electrons. The molecular weight excluding hydrogens is 358 g/mol. The summed E-state index contributed by atoms with van der Waals surface area (Å²) in [7, 11) is 1.72. The number of aromatic nitrogens is 1. The van der Waals surface area contributed by atoms with Gasteiger partial charge in [-0.15, -0.1) is 0 Å². The largest absolute Gasteiger partial charge is 0.381 e. The Kier molecular flexibility index (Phi) is 10.3. The summed E-state index contributed by atoms with van der Waals surface area (Å²) in [4.78, 5) is 20.4. The second-order valence-electron chi connectivity index (χ2n) is 6.87. The number of carbonyl (C=O) groups excluding carboxylic acids is 1. The Morgan fingerprint density at radius 1 is 1.29 bits per heavy atom. The van der Waals surface area contributed by atoms with E-state index in [2.05, 4.69) is 25.9 Å². The van der Waals surface area contributed by atoms with Gasteiger partial charge in [-0.05, 0) is 44.2 Å². The SMILES string of the molecule is CN=C(NCCCOCC1CCOCC1)NCCC(=O)Nc1cccc(C)n1. The molecule has 0 aliphatic carbocycles. The topological polar surface area (TPSA) is 96.9 Å². The lowest BCUT2D eigenvalue weighted by atomic mass is 10.0. The molecule has 1 amide bonds. The number of guanidine groups is 1. The Labute approximate surface area is 167 Å². The van der Waals surface area contributed by atoms with Crippen LogP contribution in [0.25, 0.3) is 0 Å². The van der Waals surface area contributed by atoms with E-state index < -0.39 is 0 Å². The molecule has 1 saturated heterocycles. The number of hydrogen-bond acceptors (Lipinski definition) is 5. The summed E-state index contributed by atoms with van der Waals surface area (Å²) in [6, 6.07) is 5.54. The van der Waals surface area contributed by atoms with Gasteiger partial charge in [-0.1, -0.05) is 6.07 Å². The minimum absolute atomic E-state index is 0.0810. The van der Waals surface area contributed by atoms with Crippen molar-refractivity contribution in [3.63, 3.8) is 0 Å². The van der Waals surface area contributed by atoms with Gasteiger partial charge in [0.15, 0.2) is 5.96 Å². The molecule has 28 heavy (non-hydrogen) atoms. The third kappa shape index (κ3) is 9.14. The molecule has 1 fully saturated rings. The highest BCUT2D eigenvalue weighted by Gasteiger charge is 2.13. The van der Waals surface area contributed by atoms with Crippen LogP contribution in [0.2, 0.25) is 0 Å². The van der Waals surface area contributed by atoms with E-state index in [-0.39, 0.29) is 5.91 Å². The summed E-state index contributed by atoms with van der Waals surface area (Å²) >= 11 is 0. The number of rotatable bonds is 10. The van der Waals surface area contributed by atoms with Gasteiger partial charge in [-0.2, -0.15) is 0 Å². The van der Waals surface area contributed by atoms with Crippen LogP contribution in [-0.2, 0) is 14.3 Å². The number of ether oxygens (including phenoxy) is 2. The second kappa shape index (κ2) is 13.1. The number of nitrogens with one attached hydrogen (secondary N) is 3. The highest BCUT2D eigenvalue weighted by atomic mass is 16.5. The maximum Gasteiger partial charge on any atom is 0.227 e. The predicted molar refractivity (Wildman–Crippen MR) is 111 cm³/mol. The Morgan fingerprint density at radius 3 is 2.82 bits per heavy atom. The number of aryl methyl sites for hydroxylation is 1. The number of pyridine rings is 1. The molecule has 0 atom stereocenters. The summed E-state index contributed by atoms with van der Waals surface area (Å²) in [5, 5.41) is 9.17. The zero-order valence-corrected chi connectivity index (χ0v) is 17.0. The highest BCUT2D eigenvalue weighted by Crippen LogP contribution is 2.14. The first kappa shape index (κ1) is 22.1. The molecule has 0 aromatic carbocycles. The lowest BCUT2D eigenvalue weighted by Gasteiger charge is -2.21. The molecule has 0 bridgehead atoms. The minimum atomic E-state index is -0.0810. The average molecular weight is 392 g/mol. The monoisotopic (exact) mass is 391 g/mol. The first-order chi connectivity index (χ1) is 13.7. The van der Waals surface area contributed by atoms with E-state index in [1.54, 1.807) is 13.1 Å². The molecule has 1 aliphatic rings. The third-order valence-electron chi connectivity index (χ3n) is 4.48. The standard InChI is InChI=1S/C20H33N5O3/c1-16-5-3-6-18(24-16)25-19(26)7-11-23-20(21-2)22-10-4-12-28-15-17-8-13-27-14-9-17/h3,5-6,17H,4,7-15H2,1-2H3,(H2,21,22,23)(H,24,25,26). The lowest BCUT2D eigenvalue weighted by molar-refractivity contribution is -0.116. The number of nitrogens with zero attached hydrogens (tertiary/aromatic N) is 2. The van der Waals surface area contributed by atoms with Crippen LogP contribution in [0.3, 0.4) is 0 Å². The Hall–Kier alpha value is -2.19. The van der Waals surface area contributed by atoms with Gasteiger partial charge in [-0.3, -0.25) is 9.79 Å². The molecule has 1 aliphatic heterocycles. The molecule has 0 saturated carbocycles. The molecule has 0 radical (unpaired) electrons. The molecule has 1 aromatic rings. The molecule has 2 rings (SSSR count). The summed E-state index contributed by atoms with van der Waals surface area (Å²) in [6.45, 7) is 6.43. The van der Waals surface area contributed by atoms with E-state index >= 15 is 0 Å². The fourth-order valence-corrected chi connectivity index (χ4v) is 2.88. The molecular formula is C20H33N5O3. The molecule has 8 heteroatoms. The van der Waals surface area contributed by atoms with E-state index in [1.165, 1.54) is 0 Å². The van der Waals surface area contributed by atoms with E-state index in [1.807, 2.05) is 19.1 Å². The predicted octanol–water partition coefficient (Wildman–Crippen LogP) is 1.72. The number of aliphatic imine (C=N–C) groups is 1. The van der Waals surface area contributed by atoms with Crippen LogP contribution in [0.4, 0.5) is 5.82 Å². The van der Waals surface area contributed by atoms with Gasteiger partial charge in [0.05, 0.1) is 0 Å². The van der Waals surface area contributed by atoms with Crippen LogP contribution in [0.1, 0.15) is 31.4 Å². The van der Waals surface area contributed by atoms with Gasteiger partial charge < -0.3 is 25.4 Å². The van der Waals surface area contributed by atoms with E-state index in [9.17, 15) is 4.79 Å². The Bertz CT molecular complexity index is 618. The van der Waals surface area contributed by atoms with Gasteiger partial charge in [0.2, 0.25) is 5.91 Å². The number of amides is 1. The van der Waals surface area contributed by atoms with Crippen molar-refractivity contribution in [1.29, 1.82) is 0 Å². The van der Waals surface area contributed by atoms with Crippen molar-refractivity contribution in [2.24, 2.45) is 10.9 Å². The zero-order valence-electron chi connectivity index (χ0n) is 17.0. The van der Waals surface area contributed by atoms with Crippen LogP contribution < -0.4 is 16.0 Å². The van der Waals surface area contributed by atoms with Gasteiger partial charge in [0.25, 0.3) is 0 Å². The van der Waals surface area contributed by atoms with E-state index in [4.69, 9.17) is 9.47 Å². The van der Waals surface area contributed by atoms with Crippen molar-refractivity contribution in [1.82, 2.24) is 15.6 Å². The van der Waals surface area contributed by atoms with Crippen molar-refractivity contribution in [2.45, 2.75) is 32.6 Å². The van der Waals surface area contributed by atoms with Crippen molar-refractivity contribution in [3.8, 4) is 0 Å². The first-order valence-corrected chi connectivity index (χ1v) is 10.0. The van der Waals surface area contributed by atoms with E-state index in [0.29, 0.717) is 30.7 Å². The maximum absolute atomic E-state index is 12.0. The molecule has 1 aromatic heterocycles. The molecule has 0 spiro atoms. The van der Waals surface area contributed by atoms with Crippen molar-refractivity contribution in [3.05, 3.63) is 23.9 Å². The number of hydrogen-bond donors (Lipinski definition) is 3. The van der Waals surface area contributed by atoms with Crippen molar-refractivity contribution >= 4 is 17.7 Å². The van der Waals surface area contributed by atoms with Gasteiger partial charge in [0.1, 0.15) is 5.82 Å². The summed E-state index contributed by atoms with van der Waals surface area (Å²) in [5.41, 5.74) is 0.872. The normalized spacial score (nSPS) is 15.3. The summed E-state index contributed by atoms with van der Waals surface area (Å²) in [5.74, 6) is 1.82.